The maximum absolute atomic E-state index is 13.1. The molecule has 1 aromatic heterocycles. The van der Waals surface area contributed by atoms with E-state index in [1.807, 2.05) is 47.4 Å². The van der Waals surface area contributed by atoms with E-state index in [-0.39, 0.29) is 24.4 Å². The number of carbonyl (C=O) groups excluding carboxylic acids is 1. The highest BCUT2D eigenvalue weighted by Gasteiger charge is 2.25. The monoisotopic (exact) mass is 421 g/mol. The highest BCUT2D eigenvalue weighted by molar-refractivity contribution is 8.00. The number of rotatable bonds is 7. The SMILES string of the molecule is COc1ccc(SCC(=O)N(Cc2ccccn2)C2CCCNCC2)cc1.Cl. The van der Waals surface area contributed by atoms with Crippen LogP contribution in [0.3, 0.4) is 0 Å². The van der Waals surface area contributed by atoms with Gasteiger partial charge in [0.05, 0.1) is 25.1 Å². The third-order valence-corrected chi connectivity index (χ3v) is 5.78. The standard InChI is InChI=1S/C21H27N3O2S.ClH/c1-26-19-7-9-20(10-8-19)27-16-21(25)24(15-17-5-2-3-13-23-17)18-6-4-12-22-14-11-18;/h2-3,5,7-10,13,18,22H,4,6,11-12,14-16H2,1H3;1H. The maximum atomic E-state index is 13.1. The minimum absolute atomic E-state index is 0. The van der Waals surface area contributed by atoms with Crippen molar-refractivity contribution in [3.63, 3.8) is 0 Å². The molecule has 0 spiro atoms. The van der Waals surface area contributed by atoms with Crippen LogP contribution in [0.4, 0.5) is 0 Å². The van der Waals surface area contributed by atoms with Crippen molar-refractivity contribution in [2.24, 2.45) is 0 Å². The summed E-state index contributed by atoms with van der Waals surface area (Å²) in [6, 6.07) is 14.0. The summed E-state index contributed by atoms with van der Waals surface area (Å²) in [7, 11) is 1.66. The second-order valence-electron chi connectivity index (χ2n) is 6.64. The number of amides is 1. The number of halogens is 1. The number of ether oxygens (including phenoxy) is 1. The molecule has 0 aliphatic carbocycles. The normalized spacial score (nSPS) is 16.5. The van der Waals surface area contributed by atoms with E-state index < -0.39 is 0 Å². The van der Waals surface area contributed by atoms with Crippen molar-refractivity contribution in [3.05, 3.63) is 54.4 Å². The molecule has 5 nitrogen and oxygen atoms in total. The first-order valence-electron chi connectivity index (χ1n) is 9.43. The van der Waals surface area contributed by atoms with Crippen molar-refractivity contribution in [1.29, 1.82) is 0 Å². The summed E-state index contributed by atoms with van der Waals surface area (Å²) < 4.78 is 5.19. The largest absolute Gasteiger partial charge is 0.497 e. The molecule has 0 saturated carbocycles. The van der Waals surface area contributed by atoms with Crippen LogP contribution in [0.2, 0.25) is 0 Å². The van der Waals surface area contributed by atoms with Gasteiger partial charge in [-0.15, -0.1) is 24.2 Å². The molecule has 1 saturated heterocycles. The van der Waals surface area contributed by atoms with Crippen LogP contribution < -0.4 is 10.1 Å². The van der Waals surface area contributed by atoms with Crippen molar-refractivity contribution in [2.75, 3.05) is 26.0 Å². The molecule has 1 unspecified atom stereocenters. The van der Waals surface area contributed by atoms with E-state index in [1.54, 1.807) is 25.1 Å². The fourth-order valence-corrected chi connectivity index (χ4v) is 4.08. The Balaban J connectivity index is 0.00000280. The summed E-state index contributed by atoms with van der Waals surface area (Å²) in [5.41, 5.74) is 0.942. The van der Waals surface area contributed by atoms with Gasteiger partial charge in [-0.05, 0) is 68.8 Å². The molecule has 1 fully saturated rings. The Morgan fingerprint density at radius 2 is 2.04 bits per heavy atom. The van der Waals surface area contributed by atoms with Crippen molar-refractivity contribution in [2.45, 2.75) is 36.7 Å². The molecular formula is C21H28ClN3O2S. The van der Waals surface area contributed by atoms with Crippen LogP contribution in [0, 0.1) is 0 Å². The van der Waals surface area contributed by atoms with Gasteiger partial charge in [0.1, 0.15) is 5.75 Å². The van der Waals surface area contributed by atoms with Crippen LogP contribution in [-0.2, 0) is 11.3 Å². The van der Waals surface area contributed by atoms with Gasteiger partial charge in [0.15, 0.2) is 0 Å². The van der Waals surface area contributed by atoms with Gasteiger partial charge in [-0.3, -0.25) is 9.78 Å². The van der Waals surface area contributed by atoms with Crippen LogP contribution in [-0.4, -0.2) is 47.8 Å². The maximum Gasteiger partial charge on any atom is 0.233 e. The lowest BCUT2D eigenvalue weighted by Crippen LogP contribution is -2.41. The van der Waals surface area contributed by atoms with Gasteiger partial charge in [0.25, 0.3) is 0 Å². The van der Waals surface area contributed by atoms with Gasteiger partial charge in [-0.1, -0.05) is 6.07 Å². The first-order valence-corrected chi connectivity index (χ1v) is 10.4. The highest BCUT2D eigenvalue weighted by Crippen LogP contribution is 2.23. The van der Waals surface area contributed by atoms with Crippen LogP contribution >= 0.6 is 24.2 Å². The first kappa shape index (κ1) is 22.5. The predicted octanol–water partition coefficient (Wildman–Crippen LogP) is 3.78. The molecule has 1 N–H and O–H groups in total. The van der Waals surface area contributed by atoms with Gasteiger partial charge in [0.2, 0.25) is 5.91 Å². The molecule has 28 heavy (non-hydrogen) atoms. The quantitative estimate of drug-likeness (QED) is 0.689. The van der Waals surface area contributed by atoms with E-state index in [0.717, 1.165) is 48.7 Å². The predicted molar refractivity (Wildman–Crippen MR) is 116 cm³/mol. The Hall–Kier alpha value is -1.76. The number of hydrogen-bond acceptors (Lipinski definition) is 5. The Morgan fingerprint density at radius 1 is 1.21 bits per heavy atom. The third kappa shape index (κ3) is 6.69. The minimum Gasteiger partial charge on any atom is -0.497 e. The molecule has 2 aromatic rings. The lowest BCUT2D eigenvalue weighted by Gasteiger charge is -2.31. The number of nitrogens with zero attached hydrogens (tertiary/aromatic N) is 2. The topological polar surface area (TPSA) is 54.5 Å². The number of pyridine rings is 1. The summed E-state index contributed by atoms with van der Waals surface area (Å²) in [5.74, 6) is 1.44. The molecular weight excluding hydrogens is 394 g/mol. The van der Waals surface area contributed by atoms with E-state index in [2.05, 4.69) is 10.3 Å². The van der Waals surface area contributed by atoms with Gasteiger partial charge in [-0.2, -0.15) is 0 Å². The molecule has 1 aromatic carbocycles. The number of methoxy groups -OCH3 is 1. The third-order valence-electron chi connectivity index (χ3n) is 4.79. The molecule has 152 valence electrons. The fraction of sp³-hybridized carbons (Fsp3) is 0.429. The van der Waals surface area contributed by atoms with E-state index in [1.165, 1.54) is 0 Å². The summed E-state index contributed by atoms with van der Waals surface area (Å²) in [6.07, 6.45) is 4.92. The zero-order valence-corrected chi connectivity index (χ0v) is 17.8. The zero-order valence-electron chi connectivity index (χ0n) is 16.2. The Labute approximate surface area is 177 Å². The molecule has 0 bridgehead atoms. The lowest BCUT2D eigenvalue weighted by atomic mass is 10.1. The Bertz CT molecular complexity index is 707. The molecule has 1 atom stereocenters. The number of aromatic nitrogens is 1. The Morgan fingerprint density at radius 3 is 2.75 bits per heavy atom. The zero-order chi connectivity index (χ0) is 18.9. The highest BCUT2D eigenvalue weighted by atomic mass is 35.5. The number of hydrogen-bond donors (Lipinski definition) is 1. The second kappa shape index (κ2) is 11.9. The number of carbonyl (C=O) groups is 1. The average Bonchev–Trinajstić information content (AvgIpc) is 3.01. The van der Waals surface area contributed by atoms with E-state index >= 15 is 0 Å². The van der Waals surface area contributed by atoms with Crippen molar-refractivity contribution in [3.8, 4) is 5.75 Å². The molecule has 7 heteroatoms. The van der Waals surface area contributed by atoms with E-state index in [9.17, 15) is 4.79 Å². The molecule has 0 radical (unpaired) electrons. The molecule has 3 rings (SSSR count). The summed E-state index contributed by atoms with van der Waals surface area (Å²) in [5, 5.41) is 3.43. The van der Waals surface area contributed by atoms with Crippen molar-refractivity contribution < 1.29 is 9.53 Å². The van der Waals surface area contributed by atoms with Crippen LogP contribution in [0.5, 0.6) is 5.75 Å². The summed E-state index contributed by atoms with van der Waals surface area (Å²) in [6.45, 7) is 2.57. The number of thioether (sulfide) groups is 1. The second-order valence-corrected chi connectivity index (χ2v) is 7.69. The van der Waals surface area contributed by atoms with E-state index in [4.69, 9.17) is 4.74 Å². The summed E-state index contributed by atoms with van der Waals surface area (Å²) >= 11 is 1.57. The minimum atomic E-state index is 0. The Kier molecular flexibility index (Phi) is 9.61. The smallest absolute Gasteiger partial charge is 0.233 e. The lowest BCUT2D eigenvalue weighted by molar-refractivity contribution is -0.131. The van der Waals surface area contributed by atoms with Gasteiger partial charge in [0, 0.05) is 17.1 Å². The molecule has 1 aliphatic rings. The van der Waals surface area contributed by atoms with Crippen molar-refractivity contribution in [1.82, 2.24) is 15.2 Å². The van der Waals surface area contributed by atoms with Gasteiger partial charge in [-0.25, -0.2) is 0 Å². The average molecular weight is 422 g/mol. The number of benzene rings is 1. The van der Waals surface area contributed by atoms with Gasteiger partial charge >= 0.3 is 0 Å². The van der Waals surface area contributed by atoms with Crippen LogP contribution in [0.15, 0.2) is 53.6 Å². The van der Waals surface area contributed by atoms with Crippen molar-refractivity contribution >= 4 is 30.1 Å². The first-order chi connectivity index (χ1) is 13.3. The fourth-order valence-electron chi connectivity index (χ4n) is 3.30. The molecule has 1 amide bonds. The molecule has 2 heterocycles. The molecule has 1 aliphatic heterocycles. The van der Waals surface area contributed by atoms with Gasteiger partial charge < -0.3 is 15.0 Å². The van der Waals surface area contributed by atoms with Crippen LogP contribution in [0.1, 0.15) is 25.0 Å². The van der Waals surface area contributed by atoms with E-state index in [0.29, 0.717) is 12.3 Å². The summed E-state index contributed by atoms with van der Waals surface area (Å²) in [4.78, 5) is 20.6. The number of nitrogens with one attached hydrogen (secondary N) is 1. The van der Waals surface area contributed by atoms with Crippen LogP contribution in [0.25, 0.3) is 0 Å².